The van der Waals surface area contributed by atoms with Crippen molar-refractivity contribution in [1.82, 2.24) is 0 Å². The molecule has 0 unspecified atom stereocenters. The summed E-state index contributed by atoms with van der Waals surface area (Å²) in [5.74, 6) is 0. The van der Waals surface area contributed by atoms with E-state index in [4.69, 9.17) is 0 Å². The minimum absolute atomic E-state index is 0.0491. The van der Waals surface area contributed by atoms with Crippen molar-refractivity contribution in [2.45, 2.75) is 24.7 Å². The summed E-state index contributed by atoms with van der Waals surface area (Å²) in [6.07, 6.45) is 0. The Bertz CT molecular complexity index is 2940. The summed E-state index contributed by atoms with van der Waals surface area (Å²) in [5.41, 5.74) is 20.8. The number of nitrogens with zero attached hydrogens (tertiary/aromatic N) is 1. The molecular formula is C58H43N. The van der Waals surface area contributed by atoms with Crippen LogP contribution in [0.2, 0.25) is 0 Å². The van der Waals surface area contributed by atoms with Crippen molar-refractivity contribution in [2.75, 3.05) is 4.90 Å². The SMILES string of the molecule is CC1(C)c2ccccc2-c2ccc(-c3ccc(N(c4ccc(-c5ccccc5)cc4)c4ccc5c(c4)C(c4ccccc4)(c4ccccc4)c4ccccc4-5)cc3)cc21. The Morgan fingerprint density at radius 2 is 0.695 bits per heavy atom. The van der Waals surface area contributed by atoms with Crippen LogP contribution in [0.1, 0.15) is 47.2 Å². The van der Waals surface area contributed by atoms with Gasteiger partial charge in [-0.3, -0.25) is 0 Å². The second-order valence-corrected chi connectivity index (χ2v) is 16.5. The van der Waals surface area contributed by atoms with E-state index in [1.165, 1.54) is 77.9 Å². The first-order valence-corrected chi connectivity index (χ1v) is 20.7. The lowest BCUT2D eigenvalue weighted by atomic mass is 9.67. The van der Waals surface area contributed by atoms with Gasteiger partial charge in [0.05, 0.1) is 5.41 Å². The predicted molar refractivity (Wildman–Crippen MR) is 247 cm³/mol. The number of rotatable bonds is 7. The third-order valence-corrected chi connectivity index (χ3v) is 13.0. The summed E-state index contributed by atoms with van der Waals surface area (Å²) in [6.45, 7) is 4.70. The van der Waals surface area contributed by atoms with Crippen molar-refractivity contribution < 1.29 is 0 Å². The molecule has 0 fully saturated rings. The molecule has 2 aliphatic rings. The summed E-state index contributed by atoms with van der Waals surface area (Å²) < 4.78 is 0. The minimum atomic E-state index is -0.488. The average molecular weight is 754 g/mol. The zero-order chi connectivity index (χ0) is 39.6. The molecule has 0 aromatic heterocycles. The van der Waals surface area contributed by atoms with Crippen LogP contribution in [-0.2, 0) is 10.8 Å². The molecule has 0 atom stereocenters. The van der Waals surface area contributed by atoms with Crippen LogP contribution >= 0.6 is 0 Å². The fourth-order valence-electron chi connectivity index (χ4n) is 10.1. The van der Waals surface area contributed by atoms with Crippen LogP contribution in [-0.4, -0.2) is 0 Å². The van der Waals surface area contributed by atoms with E-state index in [1.54, 1.807) is 0 Å². The molecule has 0 aliphatic heterocycles. The Kier molecular flexibility index (Phi) is 8.13. The third-order valence-electron chi connectivity index (χ3n) is 13.0. The summed E-state index contributed by atoms with van der Waals surface area (Å²) in [6, 6.07) is 82.9. The van der Waals surface area contributed by atoms with Crippen molar-refractivity contribution in [1.29, 1.82) is 0 Å². The largest absolute Gasteiger partial charge is 0.310 e. The Balaban J connectivity index is 1.07. The fourth-order valence-corrected chi connectivity index (χ4v) is 10.1. The standard InChI is InChI=1S/C58H43N/c1-57(2)53-24-14-12-22-49(53)51-36-30-43(38-55(51)57)42-28-33-47(34-29-42)59(46-31-26-41(27-32-46)40-16-6-3-7-17-40)48-35-37-52-50-23-13-15-25-54(50)58(56(52)39-48,44-18-8-4-9-19-44)45-20-10-5-11-21-45/h3-39H,1-2H3. The molecule has 2 aliphatic carbocycles. The smallest absolute Gasteiger partial charge is 0.0714 e. The first-order chi connectivity index (χ1) is 29.0. The minimum Gasteiger partial charge on any atom is -0.310 e. The maximum Gasteiger partial charge on any atom is 0.0714 e. The van der Waals surface area contributed by atoms with Crippen molar-refractivity contribution in [3.63, 3.8) is 0 Å². The number of hydrogen-bond acceptors (Lipinski definition) is 1. The van der Waals surface area contributed by atoms with E-state index in [9.17, 15) is 0 Å². The van der Waals surface area contributed by atoms with Crippen molar-refractivity contribution in [3.8, 4) is 44.5 Å². The van der Waals surface area contributed by atoms with Crippen LogP contribution in [0.3, 0.4) is 0 Å². The topological polar surface area (TPSA) is 3.24 Å². The van der Waals surface area contributed by atoms with Gasteiger partial charge in [0.15, 0.2) is 0 Å². The molecular weight excluding hydrogens is 711 g/mol. The number of benzene rings is 9. The van der Waals surface area contributed by atoms with E-state index in [1.807, 2.05) is 0 Å². The highest BCUT2D eigenvalue weighted by Crippen LogP contribution is 2.57. The van der Waals surface area contributed by atoms with Crippen LogP contribution in [0.25, 0.3) is 44.5 Å². The van der Waals surface area contributed by atoms with Gasteiger partial charge in [-0.05, 0) is 120 Å². The van der Waals surface area contributed by atoms with E-state index in [0.717, 1.165) is 17.1 Å². The first-order valence-electron chi connectivity index (χ1n) is 20.7. The lowest BCUT2D eigenvalue weighted by Crippen LogP contribution is -2.28. The average Bonchev–Trinajstić information content (AvgIpc) is 3.73. The molecule has 280 valence electrons. The lowest BCUT2D eigenvalue weighted by Gasteiger charge is -2.35. The lowest BCUT2D eigenvalue weighted by molar-refractivity contribution is 0.660. The molecule has 9 aromatic carbocycles. The second kappa shape index (κ2) is 13.7. The maximum absolute atomic E-state index is 2.45. The van der Waals surface area contributed by atoms with Crippen molar-refractivity contribution in [3.05, 3.63) is 258 Å². The van der Waals surface area contributed by atoms with E-state index >= 15 is 0 Å². The van der Waals surface area contributed by atoms with Crippen molar-refractivity contribution >= 4 is 17.1 Å². The monoisotopic (exact) mass is 753 g/mol. The first kappa shape index (κ1) is 35.0. The van der Waals surface area contributed by atoms with Gasteiger partial charge in [0.25, 0.3) is 0 Å². The third kappa shape index (κ3) is 5.46. The van der Waals surface area contributed by atoms with Gasteiger partial charge in [0.2, 0.25) is 0 Å². The highest BCUT2D eigenvalue weighted by atomic mass is 15.1. The van der Waals surface area contributed by atoms with Gasteiger partial charge in [-0.2, -0.15) is 0 Å². The Labute approximate surface area is 347 Å². The Hall–Kier alpha value is -7.22. The van der Waals surface area contributed by atoms with Gasteiger partial charge in [-0.1, -0.05) is 196 Å². The molecule has 0 N–H and O–H groups in total. The van der Waals surface area contributed by atoms with Crippen LogP contribution in [0.4, 0.5) is 17.1 Å². The van der Waals surface area contributed by atoms with Crippen molar-refractivity contribution in [2.24, 2.45) is 0 Å². The Morgan fingerprint density at radius 3 is 1.31 bits per heavy atom. The molecule has 0 radical (unpaired) electrons. The second-order valence-electron chi connectivity index (χ2n) is 16.5. The summed E-state index contributed by atoms with van der Waals surface area (Å²) in [4.78, 5) is 2.42. The molecule has 0 amide bonds. The predicted octanol–water partition coefficient (Wildman–Crippen LogP) is 15.2. The molecule has 0 saturated heterocycles. The van der Waals surface area contributed by atoms with Crippen LogP contribution in [0.15, 0.2) is 224 Å². The molecule has 11 rings (SSSR count). The molecule has 1 heteroatoms. The molecule has 1 nitrogen and oxygen atoms in total. The van der Waals surface area contributed by atoms with Crippen LogP contribution in [0.5, 0.6) is 0 Å². The summed E-state index contributed by atoms with van der Waals surface area (Å²) >= 11 is 0. The van der Waals surface area contributed by atoms with Gasteiger partial charge in [0.1, 0.15) is 0 Å². The highest BCUT2D eigenvalue weighted by Gasteiger charge is 2.46. The van der Waals surface area contributed by atoms with E-state index in [0.29, 0.717) is 0 Å². The summed E-state index contributed by atoms with van der Waals surface area (Å²) in [5, 5.41) is 0. The number of hydrogen-bond donors (Lipinski definition) is 0. The molecule has 9 aromatic rings. The molecule has 0 heterocycles. The molecule has 0 bridgehead atoms. The summed E-state index contributed by atoms with van der Waals surface area (Å²) in [7, 11) is 0. The molecule has 0 saturated carbocycles. The van der Waals surface area contributed by atoms with Crippen LogP contribution < -0.4 is 4.90 Å². The molecule has 59 heavy (non-hydrogen) atoms. The van der Waals surface area contributed by atoms with Gasteiger partial charge >= 0.3 is 0 Å². The normalized spacial score (nSPS) is 13.9. The number of anilines is 3. The Morgan fingerprint density at radius 1 is 0.288 bits per heavy atom. The van der Waals surface area contributed by atoms with E-state index < -0.39 is 5.41 Å². The van der Waals surface area contributed by atoms with E-state index in [-0.39, 0.29) is 5.41 Å². The zero-order valence-electron chi connectivity index (χ0n) is 33.3. The molecule has 0 spiro atoms. The van der Waals surface area contributed by atoms with Gasteiger partial charge in [0, 0.05) is 22.5 Å². The van der Waals surface area contributed by atoms with Gasteiger partial charge in [-0.25, -0.2) is 0 Å². The zero-order valence-corrected chi connectivity index (χ0v) is 33.3. The van der Waals surface area contributed by atoms with Gasteiger partial charge < -0.3 is 4.90 Å². The van der Waals surface area contributed by atoms with Crippen LogP contribution in [0, 0.1) is 0 Å². The fraction of sp³-hybridized carbons (Fsp3) is 0.0690. The highest BCUT2D eigenvalue weighted by molar-refractivity contribution is 5.90. The maximum atomic E-state index is 2.45. The quantitative estimate of drug-likeness (QED) is 0.157. The van der Waals surface area contributed by atoms with E-state index in [2.05, 4.69) is 243 Å². The number of fused-ring (bicyclic) bond motifs is 6. The van der Waals surface area contributed by atoms with Gasteiger partial charge in [-0.15, -0.1) is 0 Å².